The molecule has 0 saturated heterocycles. The Labute approximate surface area is 306 Å². The predicted molar refractivity (Wildman–Crippen MR) is 192 cm³/mol. The van der Waals surface area contributed by atoms with Gasteiger partial charge >= 0.3 is 5.97 Å². The number of halogens is 2. The number of carbonyl (C=O) groups excluding carboxylic acids is 1. The molecule has 2 aromatic carbocycles. The zero-order valence-electron chi connectivity index (χ0n) is 28.2. The van der Waals surface area contributed by atoms with E-state index in [0.717, 1.165) is 0 Å². The molecule has 1 aromatic heterocycles. The van der Waals surface area contributed by atoms with Gasteiger partial charge in [0.05, 0.1) is 38.5 Å². The van der Waals surface area contributed by atoms with Crippen molar-refractivity contribution in [2.75, 3.05) is 16.8 Å². The van der Waals surface area contributed by atoms with Crippen LogP contribution in [0.15, 0.2) is 40.6 Å². The quantitative estimate of drug-likeness (QED) is 0.0625. The molecule has 0 aliphatic rings. The van der Waals surface area contributed by atoms with Gasteiger partial charge in [0.2, 0.25) is 5.91 Å². The van der Waals surface area contributed by atoms with Crippen molar-refractivity contribution in [2.45, 2.75) is 77.6 Å². The molecule has 1 heterocycles. The van der Waals surface area contributed by atoms with E-state index >= 15 is 0 Å². The van der Waals surface area contributed by atoms with Gasteiger partial charge in [-0.2, -0.15) is 27.2 Å². The maximum absolute atomic E-state index is 12.3. The normalized spacial score (nSPS) is 12.4. The number of rotatable bonds is 16. The van der Waals surface area contributed by atoms with Crippen LogP contribution in [-0.4, -0.2) is 64.2 Å². The number of carbonyl (C=O) groups is 2. The number of nitrogens with one attached hydrogen (secondary N) is 1. The standard InChI is InChI=1S/C32H38Cl2N6O9S2/c1-19(41)36-27-17-21(20(9-5-7-13-50(44,45)46)10-6-8-14-51(47,48)49)11-12-26(27)37-38-30-23(18-35)29(32(2,3)4)39-40(30)28-24(33)15-22(31(42)43)16-25(28)34/h11-12,15-17,20H,5-10,13-14H2,1-4H3,(H,36,41)(H,42,43)(H,44,45,46)(H,47,48,49). The fraction of sp³-hybridized carbons (Fsp3) is 0.438. The zero-order valence-corrected chi connectivity index (χ0v) is 31.4. The molecule has 15 nitrogen and oxygen atoms in total. The minimum absolute atomic E-state index is 0.0493. The molecule has 0 aliphatic heterocycles. The van der Waals surface area contributed by atoms with E-state index in [2.05, 4.69) is 26.7 Å². The largest absolute Gasteiger partial charge is 0.478 e. The lowest BCUT2D eigenvalue weighted by Gasteiger charge is -2.19. The van der Waals surface area contributed by atoms with Gasteiger partial charge in [-0.1, -0.05) is 62.9 Å². The fourth-order valence-corrected chi connectivity index (χ4v) is 7.08. The second-order valence-electron chi connectivity index (χ2n) is 12.8. The lowest BCUT2D eigenvalue weighted by atomic mass is 9.88. The van der Waals surface area contributed by atoms with E-state index in [1.54, 1.807) is 18.2 Å². The van der Waals surface area contributed by atoms with Gasteiger partial charge in [0.15, 0.2) is 5.82 Å². The van der Waals surface area contributed by atoms with E-state index < -0.39 is 49.0 Å². The van der Waals surface area contributed by atoms with Gasteiger partial charge in [0.25, 0.3) is 20.2 Å². The number of nitrogens with zero attached hydrogens (tertiary/aromatic N) is 5. The maximum Gasteiger partial charge on any atom is 0.335 e. The van der Waals surface area contributed by atoms with Gasteiger partial charge in [-0.25, -0.2) is 9.48 Å². The number of hydrogen-bond donors (Lipinski definition) is 4. The van der Waals surface area contributed by atoms with Crippen molar-refractivity contribution in [3.8, 4) is 11.8 Å². The molecule has 0 saturated carbocycles. The maximum atomic E-state index is 12.3. The number of hydrogen-bond acceptors (Lipinski definition) is 10. The molecule has 19 heteroatoms. The van der Waals surface area contributed by atoms with Gasteiger partial charge in [-0.15, -0.1) is 10.2 Å². The first-order chi connectivity index (χ1) is 23.6. The summed E-state index contributed by atoms with van der Waals surface area (Å²) in [6.45, 7) is 6.77. The first kappa shape index (κ1) is 41.5. The molecule has 4 N–H and O–H groups in total. The smallest absolute Gasteiger partial charge is 0.335 e. The summed E-state index contributed by atoms with van der Waals surface area (Å²) in [5, 5.41) is 35.5. The molecule has 0 atom stereocenters. The number of carboxylic acid groups (broad SMARTS) is 1. The molecule has 3 rings (SSSR count). The summed E-state index contributed by atoms with van der Waals surface area (Å²) >= 11 is 13.0. The summed E-state index contributed by atoms with van der Waals surface area (Å²) in [5.41, 5.74) is 0.742. The summed E-state index contributed by atoms with van der Waals surface area (Å²) < 4.78 is 64.3. The number of aromatic carboxylic acids is 1. The van der Waals surface area contributed by atoms with Crippen LogP contribution >= 0.6 is 23.2 Å². The minimum Gasteiger partial charge on any atom is -0.478 e. The van der Waals surface area contributed by atoms with Crippen LogP contribution < -0.4 is 5.32 Å². The van der Waals surface area contributed by atoms with Crippen LogP contribution in [-0.2, 0) is 30.4 Å². The number of amides is 1. The lowest BCUT2D eigenvalue weighted by Crippen LogP contribution is -2.14. The van der Waals surface area contributed by atoms with E-state index in [4.69, 9.17) is 32.3 Å². The molecular formula is C32H38Cl2N6O9S2. The Morgan fingerprint density at radius 1 is 0.961 bits per heavy atom. The molecule has 0 spiro atoms. The third-order valence-electron chi connectivity index (χ3n) is 7.62. The van der Waals surface area contributed by atoms with Crippen molar-refractivity contribution >= 4 is 72.5 Å². The monoisotopic (exact) mass is 784 g/mol. The Bertz CT molecular complexity index is 2020. The molecular weight excluding hydrogens is 747 g/mol. The van der Waals surface area contributed by atoms with Gasteiger partial charge in [0.1, 0.15) is 23.0 Å². The second-order valence-corrected chi connectivity index (χ2v) is 16.8. The Morgan fingerprint density at radius 2 is 1.51 bits per heavy atom. The number of benzene rings is 2. The minimum atomic E-state index is -4.15. The molecule has 0 aliphatic carbocycles. The summed E-state index contributed by atoms with van der Waals surface area (Å²) in [6, 6.07) is 9.44. The number of anilines is 1. The highest BCUT2D eigenvalue weighted by molar-refractivity contribution is 7.86. The summed E-state index contributed by atoms with van der Waals surface area (Å²) in [7, 11) is -8.30. The average Bonchev–Trinajstić information content (AvgIpc) is 3.36. The molecule has 0 bridgehead atoms. The van der Waals surface area contributed by atoms with Crippen LogP contribution in [0.1, 0.15) is 99.3 Å². The van der Waals surface area contributed by atoms with E-state index in [-0.39, 0.29) is 62.8 Å². The highest BCUT2D eigenvalue weighted by atomic mass is 35.5. The first-order valence-electron chi connectivity index (χ1n) is 15.6. The molecule has 0 fully saturated rings. The van der Waals surface area contributed by atoms with Crippen LogP contribution in [0, 0.1) is 11.3 Å². The van der Waals surface area contributed by atoms with E-state index in [0.29, 0.717) is 36.9 Å². The van der Waals surface area contributed by atoms with E-state index in [9.17, 15) is 36.8 Å². The lowest BCUT2D eigenvalue weighted by molar-refractivity contribution is -0.114. The van der Waals surface area contributed by atoms with Crippen molar-refractivity contribution in [3.05, 3.63) is 62.8 Å². The van der Waals surface area contributed by atoms with Crippen molar-refractivity contribution in [1.29, 1.82) is 5.26 Å². The third-order valence-corrected chi connectivity index (χ3v) is 9.81. The Balaban J connectivity index is 2.12. The van der Waals surface area contributed by atoms with Gasteiger partial charge in [-0.05, 0) is 61.4 Å². The Morgan fingerprint density at radius 3 is 1.96 bits per heavy atom. The highest BCUT2D eigenvalue weighted by Crippen LogP contribution is 2.40. The SMILES string of the molecule is CC(=O)Nc1cc(C(CCCCS(=O)(=O)O)CCCCS(=O)(=O)O)ccc1N=Nc1c(C#N)c(C(C)(C)C)nn1-c1c(Cl)cc(C(=O)O)cc1Cl. The summed E-state index contributed by atoms with van der Waals surface area (Å²) in [4.78, 5) is 23.8. The summed E-state index contributed by atoms with van der Waals surface area (Å²) in [5.74, 6) is -2.83. The predicted octanol–water partition coefficient (Wildman–Crippen LogP) is 7.62. The number of aromatic nitrogens is 2. The highest BCUT2D eigenvalue weighted by Gasteiger charge is 2.30. The van der Waals surface area contributed by atoms with Crippen LogP contribution in [0.3, 0.4) is 0 Å². The van der Waals surface area contributed by atoms with Gasteiger partial charge in [0, 0.05) is 12.3 Å². The molecule has 0 unspecified atom stereocenters. The number of carboxylic acids is 1. The Kier molecular flexibility index (Phi) is 13.9. The number of unbranched alkanes of at least 4 members (excludes halogenated alkanes) is 2. The Hall–Kier alpha value is -3.92. The van der Waals surface area contributed by atoms with Crippen LogP contribution in [0.4, 0.5) is 17.2 Å². The van der Waals surface area contributed by atoms with Gasteiger partial charge < -0.3 is 10.4 Å². The molecule has 1 amide bonds. The van der Waals surface area contributed by atoms with Crippen molar-refractivity contribution in [1.82, 2.24) is 9.78 Å². The molecule has 51 heavy (non-hydrogen) atoms. The van der Waals surface area contributed by atoms with Crippen LogP contribution in [0.5, 0.6) is 0 Å². The third kappa shape index (κ3) is 12.1. The fourth-order valence-electron chi connectivity index (χ4n) is 5.29. The van der Waals surface area contributed by atoms with Crippen molar-refractivity contribution < 1.29 is 40.6 Å². The van der Waals surface area contributed by atoms with Crippen molar-refractivity contribution in [2.24, 2.45) is 10.2 Å². The molecule has 276 valence electrons. The topological polar surface area (TPSA) is 241 Å². The molecule has 0 radical (unpaired) electrons. The van der Waals surface area contributed by atoms with Crippen molar-refractivity contribution in [3.63, 3.8) is 0 Å². The first-order valence-corrected chi connectivity index (χ1v) is 19.6. The van der Waals surface area contributed by atoms with E-state index in [1.807, 2.05) is 20.8 Å². The summed E-state index contributed by atoms with van der Waals surface area (Å²) in [6.07, 6.45) is 2.12. The van der Waals surface area contributed by atoms with E-state index in [1.165, 1.54) is 23.7 Å². The zero-order chi connectivity index (χ0) is 38.3. The number of azo groups is 1. The van der Waals surface area contributed by atoms with Crippen LogP contribution in [0.2, 0.25) is 10.0 Å². The molecule has 3 aromatic rings. The average molecular weight is 786 g/mol. The van der Waals surface area contributed by atoms with Crippen LogP contribution in [0.25, 0.3) is 5.69 Å². The second kappa shape index (κ2) is 17.1. The van der Waals surface area contributed by atoms with Gasteiger partial charge in [-0.3, -0.25) is 13.9 Å². The number of nitriles is 1.